The van der Waals surface area contributed by atoms with Crippen LogP contribution < -0.4 is 14.8 Å². The molecule has 3 aromatic carbocycles. The number of benzene rings is 3. The number of hydrogen-bond acceptors (Lipinski definition) is 7. The highest BCUT2D eigenvalue weighted by Gasteiger charge is 2.36. The van der Waals surface area contributed by atoms with Crippen LogP contribution in [0.5, 0.6) is 11.5 Å². The number of nitrogens with zero attached hydrogens (tertiary/aromatic N) is 2. The molecule has 204 valence electrons. The molecule has 3 amide bonds. The maximum absolute atomic E-state index is 13.0. The zero-order valence-electron chi connectivity index (χ0n) is 22.1. The molecule has 0 aliphatic carbocycles. The smallest absolute Gasteiger partial charge is 0.294 e. The molecule has 0 saturated carbocycles. The second kappa shape index (κ2) is 12.9. The van der Waals surface area contributed by atoms with E-state index in [2.05, 4.69) is 41.2 Å². The SMILES string of the molecule is COc1cc(/C=C2/SC(=O)N(CC(=O)Nc3ccc(C(C)C)cc3)C2=O)cc(Br)c1OCc1ccc(C#N)cc1. The van der Waals surface area contributed by atoms with Crippen LogP contribution in [0.25, 0.3) is 6.08 Å². The number of thioether (sulfide) groups is 1. The van der Waals surface area contributed by atoms with Crippen LogP contribution in [0.4, 0.5) is 10.5 Å². The van der Waals surface area contributed by atoms with Crippen molar-refractivity contribution in [1.29, 1.82) is 5.26 Å². The van der Waals surface area contributed by atoms with Crippen molar-refractivity contribution in [2.24, 2.45) is 0 Å². The fraction of sp³-hybridized carbons (Fsp3) is 0.200. The van der Waals surface area contributed by atoms with E-state index >= 15 is 0 Å². The monoisotopic (exact) mass is 619 g/mol. The Bertz CT molecular complexity index is 1510. The van der Waals surface area contributed by atoms with Gasteiger partial charge < -0.3 is 14.8 Å². The highest BCUT2D eigenvalue weighted by Crippen LogP contribution is 2.39. The van der Waals surface area contributed by atoms with E-state index in [1.165, 1.54) is 7.11 Å². The molecule has 3 aromatic rings. The number of nitriles is 1. The van der Waals surface area contributed by atoms with Gasteiger partial charge in [-0.05, 0) is 92.8 Å². The van der Waals surface area contributed by atoms with Gasteiger partial charge in [-0.2, -0.15) is 5.26 Å². The Hall–Kier alpha value is -4.07. The average molecular weight is 621 g/mol. The molecule has 1 heterocycles. The van der Waals surface area contributed by atoms with Crippen molar-refractivity contribution in [2.75, 3.05) is 19.0 Å². The Morgan fingerprint density at radius 3 is 2.45 bits per heavy atom. The van der Waals surface area contributed by atoms with Gasteiger partial charge in [0.25, 0.3) is 11.1 Å². The molecule has 1 aliphatic heterocycles. The third-order valence-corrected chi connectivity index (χ3v) is 7.55. The van der Waals surface area contributed by atoms with Gasteiger partial charge in [0, 0.05) is 5.69 Å². The van der Waals surface area contributed by atoms with Crippen LogP contribution >= 0.6 is 27.7 Å². The van der Waals surface area contributed by atoms with Crippen molar-refractivity contribution in [2.45, 2.75) is 26.4 Å². The standard InChI is InChI=1S/C30H26BrN3O5S/c1-18(2)22-8-10-23(11-9-22)33-27(35)16-34-29(36)26(40-30(34)37)14-21-12-24(31)28(25(13-21)38-3)39-17-20-6-4-19(15-32)5-7-20/h4-14,18H,16-17H2,1-3H3,(H,33,35)/b26-14+. The van der Waals surface area contributed by atoms with E-state index in [0.717, 1.165) is 27.8 Å². The molecular formula is C30H26BrN3O5S. The number of ether oxygens (including phenoxy) is 2. The van der Waals surface area contributed by atoms with Gasteiger partial charge in [0.1, 0.15) is 13.2 Å². The summed E-state index contributed by atoms with van der Waals surface area (Å²) >= 11 is 4.27. The highest BCUT2D eigenvalue weighted by atomic mass is 79.9. The number of methoxy groups -OCH3 is 1. The first-order chi connectivity index (χ1) is 19.2. The Kier molecular flexibility index (Phi) is 9.30. The van der Waals surface area contributed by atoms with Gasteiger partial charge in [0.05, 0.1) is 28.1 Å². The summed E-state index contributed by atoms with van der Waals surface area (Å²) in [5.74, 6) is 0.252. The number of hydrogen-bond donors (Lipinski definition) is 1. The van der Waals surface area contributed by atoms with Crippen molar-refractivity contribution in [3.8, 4) is 17.6 Å². The van der Waals surface area contributed by atoms with Crippen LogP contribution in [0.1, 0.15) is 42.0 Å². The third kappa shape index (κ3) is 6.92. The van der Waals surface area contributed by atoms with Crippen LogP contribution in [0.15, 0.2) is 70.0 Å². The van der Waals surface area contributed by atoms with Crippen LogP contribution in [-0.4, -0.2) is 35.6 Å². The summed E-state index contributed by atoms with van der Waals surface area (Å²) < 4.78 is 12.1. The van der Waals surface area contributed by atoms with Gasteiger partial charge >= 0.3 is 0 Å². The topological polar surface area (TPSA) is 109 Å². The van der Waals surface area contributed by atoms with Crippen LogP contribution in [-0.2, 0) is 16.2 Å². The third-order valence-electron chi connectivity index (χ3n) is 6.05. The molecule has 1 N–H and O–H groups in total. The first-order valence-corrected chi connectivity index (χ1v) is 13.9. The Morgan fingerprint density at radius 1 is 1.12 bits per heavy atom. The molecule has 0 aromatic heterocycles. The van der Waals surface area contributed by atoms with Crippen molar-refractivity contribution in [1.82, 2.24) is 4.90 Å². The fourth-order valence-corrected chi connectivity index (χ4v) is 5.29. The van der Waals surface area contributed by atoms with E-state index in [1.807, 2.05) is 24.3 Å². The predicted octanol–water partition coefficient (Wildman–Crippen LogP) is 6.71. The lowest BCUT2D eigenvalue weighted by Gasteiger charge is -2.14. The minimum atomic E-state index is -0.545. The maximum Gasteiger partial charge on any atom is 0.294 e. The summed E-state index contributed by atoms with van der Waals surface area (Å²) in [5.41, 5.74) is 3.78. The van der Waals surface area contributed by atoms with Gasteiger partial charge in [0.15, 0.2) is 11.5 Å². The zero-order valence-corrected chi connectivity index (χ0v) is 24.5. The Morgan fingerprint density at radius 2 is 1.82 bits per heavy atom. The van der Waals surface area contributed by atoms with Crippen molar-refractivity contribution < 1.29 is 23.9 Å². The van der Waals surface area contributed by atoms with Crippen molar-refractivity contribution in [3.05, 3.63) is 92.3 Å². The quantitative estimate of drug-likeness (QED) is 0.265. The van der Waals surface area contributed by atoms with E-state index in [9.17, 15) is 14.4 Å². The minimum absolute atomic E-state index is 0.194. The average Bonchev–Trinajstić information content (AvgIpc) is 3.19. The summed E-state index contributed by atoms with van der Waals surface area (Å²) in [6.07, 6.45) is 1.57. The Labute approximate surface area is 245 Å². The molecule has 0 spiro atoms. The molecule has 0 bridgehead atoms. The molecular weight excluding hydrogens is 594 g/mol. The largest absolute Gasteiger partial charge is 0.493 e. The molecule has 0 unspecified atom stereocenters. The minimum Gasteiger partial charge on any atom is -0.493 e. The van der Waals surface area contributed by atoms with Gasteiger partial charge in [-0.3, -0.25) is 19.3 Å². The number of rotatable bonds is 9. The van der Waals surface area contributed by atoms with Gasteiger partial charge in [0.2, 0.25) is 5.91 Å². The zero-order chi connectivity index (χ0) is 28.8. The van der Waals surface area contributed by atoms with Crippen LogP contribution in [0.3, 0.4) is 0 Å². The number of amides is 3. The number of imide groups is 1. The lowest BCUT2D eigenvalue weighted by molar-refractivity contribution is -0.127. The fourth-order valence-electron chi connectivity index (χ4n) is 3.88. The van der Waals surface area contributed by atoms with E-state index in [4.69, 9.17) is 14.7 Å². The number of nitrogens with one attached hydrogen (secondary N) is 1. The molecule has 1 fully saturated rings. The van der Waals surface area contributed by atoms with E-state index in [1.54, 1.807) is 42.5 Å². The van der Waals surface area contributed by atoms with E-state index in [0.29, 0.717) is 38.7 Å². The normalized spacial score (nSPS) is 14.0. The van der Waals surface area contributed by atoms with Crippen LogP contribution in [0, 0.1) is 11.3 Å². The van der Waals surface area contributed by atoms with Gasteiger partial charge in [-0.25, -0.2) is 0 Å². The molecule has 40 heavy (non-hydrogen) atoms. The molecule has 0 atom stereocenters. The van der Waals surface area contributed by atoms with Gasteiger partial charge in [-0.15, -0.1) is 0 Å². The lowest BCUT2D eigenvalue weighted by atomic mass is 10.0. The molecule has 0 radical (unpaired) electrons. The first kappa shape index (κ1) is 28.9. The second-order valence-electron chi connectivity index (χ2n) is 9.22. The molecule has 10 heteroatoms. The van der Waals surface area contributed by atoms with Crippen molar-refractivity contribution in [3.63, 3.8) is 0 Å². The number of halogens is 1. The molecule has 8 nitrogen and oxygen atoms in total. The maximum atomic E-state index is 13.0. The summed E-state index contributed by atoms with van der Waals surface area (Å²) in [6.45, 7) is 4.03. The van der Waals surface area contributed by atoms with Gasteiger partial charge in [-0.1, -0.05) is 38.1 Å². The lowest BCUT2D eigenvalue weighted by Crippen LogP contribution is -2.36. The highest BCUT2D eigenvalue weighted by molar-refractivity contribution is 9.10. The first-order valence-electron chi connectivity index (χ1n) is 12.3. The summed E-state index contributed by atoms with van der Waals surface area (Å²) in [6, 6.07) is 20.0. The summed E-state index contributed by atoms with van der Waals surface area (Å²) in [4.78, 5) is 39.2. The van der Waals surface area contributed by atoms with E-state index in [-0.39, 0.29) is 18.1 Å². The molecule has 1 aliphatic rings. The molecule has 4 rings (SSSR count). The van der Waals surface area contributed by atoms with Crippen LogP contribution in [0.2, 0.25) is 0 Å². The van der Waals surface area contributed by atoms with Crippen molar-refractivity contribution >= 4 is 56.5 Å². The molecule has 1 saturated heterocycles. The number of carbonyl (C=O) groups is 3. The number of carbonyl (C=O) groups excluding carboxylic acids is 3. The Balaban J connectivity index is 1.43. The van der Waals surface area contributed by atoms with E-state index < -0.39 is 17.1 Å². The second-order valence-corrected chi connectivity index (χ2v) is 11.1. The number of anilines is 1. The predicted molar refractivity (Wildman–Crippen MR) is 158 cm³/mol. The summed E-state index contributed by atoms with van der Waals surface area (Å²) in [7, 11) is 1.50. The summed E-state index contributed by atoms with van der Waals surface area (Å²) in [5, 5.41) is 11.2.